The fraction of sp³-hybridized carbons (Fsp3) is 0.208. The van der Waals surface area contributed by atoms with Gasteiger partial charge in [0.15, 0.2) is 0 Å². The number of Topliss-reactive ketones (excluding diaryl/α,β-unsaturated/α-hetero) is 1. The van der Waals surface area contributed by atoms with Gasteiger partial charge in [0.25, 0.3) is 0 Å². The molecule has 33 heavy (non-hydrogen) atoms. The first-order valence-electron chi connectivity index (χ1n) is 9.75. The quantitative estimate of drug-likeness (QED) is 0.184. The lowest BCUT2D eigenvalue weighted by Gasteiger charge is -2.19. The van der Waals surface area contributed by atoms with Crippen molar-refractivity contribution < 1.29 is 32.2 Å². The van der Waals surface area contributed by atoms with Gasteiger partial charge in [0.2, 0.25) is 5.78 Å². The number of ether oxygens (including phenoxy) is 2. The lowest BCUT2D eigenvalue weighted by Crippen LogP contribution is -2.27. The Bertz CT molecular complexity index is 1130. The molecule has 0 aliphatic carbocycles. The second-order valence-electron chi connectivity index (χ2n) is 6.89. The number of ketones is 1. The van der Waals surface area contributed by atoms with Crippen LogP contribution in [0.4, 0.5) is 13.2 Å². The van der Waals surface area contributed by atoms with E-state index in [1.54, 1.807) is 31.4 Å². The SMILES string of the molecule is COC(=O)C(C(=O)c1ncccc1SCc1ccc(OC)cc1)c1ccccc1C(F)(F)F. The molecule has 1 atom stereocenters. The molecule has 0 bridgehead atoms. The molecule has 0 saturated carbocycles. The molecule has 0 amide bonds. The maximum absolute atomic E-state index is 13.6. The van der Waals surface area contributed by atoms with E-state index in [9.17, 15) is 22.8 Å². The minimum atomic E-state index is -4.75. The van der Waals surface area contributed by atoms with Gasteiger partial charge in [-0.1, -0.05) is 30.3 Å². The molecule has 0 aliphatic rings. The van der Waals surface area contributed by atoms with E-state index in [1.165, 1.54) is 30.1 Å². The lowest BCUT2D eigenvalue weighted by atomic mass is 9.89. The molecule has 0 spiro atoms. The van der Waals surface area contributed by atoms with Crippen LogP contribution in [0.1, 0.15) is 33.1 Å². The predicted molar refractivity (Wildman–Crippen MR) is 117 cm³/mol. The average molecular weight is 475 g/mol. The molecule has 9 heteroatoms. The Morgan fingerprint density at radius 1 is 1.00 bits per heavy atom. The fourth-order valence-electron chi connectivity index (χ4n) is 3.21. The number of halogens is 3. The standard InChI is InChI=1S/C24H20F3NO4S/c1-31-16-11-9-15(10-12-16)14-33-19-8-5-13-28-21(19)22(29)20(23(30)32-2)17-6-3-4-7-18(17)24(25,26)27/h3-13,20H,14H2,1-2H3. The normalized spacial score (nSPS) is 12.2. The minimum Gasteiger partial charge on any atom is -0.497 e. The van der Waals surface area contributed by atoms with Crippen LogP contribution in [0.2, 0.25) is 0 Å². The van der Waals surface area contributed by atoms with Crippen LogP contribution in [0.5, 0.6) is 5.75 Å². The van der Waals surface area contributed by atoms with Crippen LogP contribution >= 0.6 is 11.8 Å². The molecular formula is C24H20F3NO4S. The zero-order valence-electron chi connectivity index (χ0n) is 17.8. The maximum atomic E-state index is 13.6. The molecule has 2 aromatic carbocycles. The van der Waals surface area contributed by atoms with Gasteiger partial charge in [-0.3, -0.25) is 14.6 Å². The van der Waals surface area contributed by atoms with Crippen molar-refractivity contribution in [1.82, 2.24) is 4.98 Å². The van der Waals surface area contributed by atoms with Gasteiger partial charge < -0.3 is 9.47 Å². The second kappa shape index (κ2) is 10.5. The molecule has 0 aliphatic heterocycles. The van der Waals surface area contributed by atoms with Crippen LogP contribution in [0, 0.1) is 0 Å². The van der Waals surface area contributed by atoms with Gasteiger partial charge in [-0.25, -0.2) is 0 Å². The van der Waals surface area contributed by atoms with Crippen molar-refractivity contribution in [3.8, 4) is 5.75 Å². The molecular weight excluding hydrogens is 455 g/mol. The van der Waals surface area contributed by atoms with Crippen LogP contribution in [0.15, 0.2) is 71.8 Å². The van der Waals surface area contributed by atoms with Gasteiger partial charge in [-0.15, -0.1) is 11.8 Å². The fourth-order valence-corrected chi connectivity index (χ4v) is 4.19. The summed E-state index contributed by atoms with van der Waals surface area (Å²) >= 11 is 1.29. The molecule has 0 saturated heterocycles. The van der Waals surface area contributed by atoms with Crippen molar-refractivity contribution in [3.05, 3.63) is 89.2 Å². The highest BCUT2D eigenvalue weighted by Gasteiger charge is 2.41. The lowest BCUT2D eigenvalue weighted by molar-refractivity contribution is -0.142. The summed E-state index contributed by atoms with van der Waals surface area (Å²) in [6.07, 6.45) is -3.39. The zero-order valence-corrected chi connectivity index (χ0v) is 18.6. The van der Waals surface area contributed by atoms with Gasteiger partial charge >= 0.3 is 12.1 Å². The Kier molecular flexibility index (Phi) is 7.75. The van der Waals surface area contributed by atoms with Crippen LogP contribution in [0.3, 0.4) is 0 Å². The number of pyridine rings is 1. The summed E-state index contributed by atoms with van der Waals surface area (Å²) < 4.78 is 50.6. The number of methoxy groups -OCH3 is 2. The monoisotopic (exact) mass is 475 g/mol. The van der Waals surface area contributed by atoms with Crippen molar-refractivity contribution >= 4 is 23.5 Å². The van der Waals surface area contributed by atoms with Crippen LogP contribution < -0.4 is 4.74 Å². The van der Waals surface area contributed by atoms with Crippen molar-refractivity contribution in [1.29, 1.82) is 0 Å². The summed E-state index contributed by atoms with van der Waals surface area (Å²) in [5.74, 6) is -2.59. The molecule has 1 heterocycles. The number of hydrogen-bond acceptors (Lipinski definition) is 6. The zero-order chi connectivity index (χ0) is 24.0. The summed E-state index contributed by atoms with van der Waals surface area (Å²) in [5, 5.41) is 0. The van der Waals surface area contributed by atoms with Gasteiger partial charge in [0, 0.05) is 16.8 Å². The van der Waals surface area contributed by atoms with E-state index in [0.717, 1.165) is 24.8 Å². The number of hydrogen-bond donors (Lipinski definition) is 0. The van der Waals surface area contributed by atoms with Gasteiger partial charge in [-0.2, -0.15) is 13.2 Å². The number of thioether (sulfide) groups is 1. The Labute approximate surface area is 192 Å². The molecule has 0 fully saturated rings. The Balaban J connectivity index is 1.96. The topological polar surface area (TPSA) is 65.5 Å². The largest absolute Gasteiger partial charge is 0.497 e. The maximum Gasteiger partial charge on any atom is 0.416 e. The van der Waals surface area contributed by atoms with E-state index in [4.69, 9.17) is 9.47 Å². The Hall–Kier alpha value is -3.33. The molecule has 1 unspecified atom stereocenters. The van der Waals surface area contributed by atoms with Crippen molar-refractivity contribution in [3.63, 3.8) is 0 Å². The second-order valence-corrected chi connectivity index (χ2v) is 7.91. The van der Waals surface area contributed by atoms with E-state index in [2.05, 4.69) is 4.98 Å². The van der Waals surface area contributed by atoms with Crippen molar-refractivity contribution in [2.45, 2.75) is 22.7 Å². The van der Waals surface area contributed by atoms with Crippen LogP contribution in [-0.2, 0) is 21.5 Å². The molecule has 0 N–H and O–H groups in total. The number of nitrogens with zero attached hydrogens (tertiary/aromatic N) is 1. The van der Waals surface area contributed by atoms with E-state index in [-0.39, 0.29) is 5.69 Å². The van der Waals surface area contributed by atoms with Crippen molar-refractivity contribution in [2.24, 2.45) is 0 Å². The number of esters is 1. The minimum absolute atomic E-state index is 0.0941. The molecule has 1 aromatic heterocycles. The molecule has 172 valence electrons. The summed E-state index contributed by atoms with van der Waals surface area (Å²) in [6.45, 7) is 0. The van der Waals surface area contributed by atoms with Crippen molar-refractivity contribution in [2.75, 3.05) is 14.2 Å². The third kappa shape index (κ3) is 5.73. The number of alkyl halides is 3. The summed E-state index contributed by atoms with van der Waals surface area (Å²) in [4.78, 5) is 30.4. The van der Waals surface area contributed by atoms with E-state index < -0.39 is 35.0 Å². The molecule has 0 radical (unpaired) electrons. The number of aromatic nitrogens is 1. The first-order chi connectivity index (χ1) is 15.8. The van der Waals surface area contributed by atoms with Crippen LogP contribution in [0.25, 0.3) is 0 Å². The Morgan fingerprint density at radius 2 is 1.70 bits per heavy atom. The third-order valence-electron chi connectivity index (χ3n) is 4.83. The number of rotatable bonds is 8. The number of carbonyl (C=O) groups is 2. The summed E-state index contributed by atoms with van der Waals surface area (Å²) in [6, 6.07) is 15.0. The number of benzene rings is 2. The first kappa shape index (κ1) is 24.3. The molecule has 5 nitrogen and oxygen atoms in total. The molecule has 3 rings (SSSR count). The smallest absolute Gasteiger partial charge is 0.416 e. The number of carbonyl (C=O) groups excluding carboxylic acids is 2. The van der Waals surface area contributed by atoms with Crippen LogP contribution in [-0.4, -0.2) is 31.0 Å². The van der Waals surface area contributed by atoms with E-state index in [0.29, 0.717) is 16.4 Å². The van der Waals surface area contributed by atoms with E-state index >= 15 is 0 Å². The Morgan fingerprint density at radius 3 is 2.33 bits per heavy atom. The van der Waals surface area contributed by atoms with Gasteiger partial charge in [-0.05, 0) is 41.5 Å². The first-order valence-corrected chi connectivity index (χ1v) is 10.7. The van der Waals surface area contributed by atoms with Gasteiger partial charge in [0.1, 0.15) is 17.4 Å². The molecule has 3 aromatic rings. The predicted octanol–water partition coefficient (Wildman–Crippen LogP) is 5.54. The third-order valence-corrected chi connectivity index (χ3v) is 5.95. The highest BCUT2D eigenvalue weighted by atomic mass is 32.2. The summed E-state index contributed by atoms with van der Waals surface area (Å²) in [5.41, 5.74) is -0.700. The highest BCUT2D eigenvalue weighted by Crippen LogP contribution is 2.37. The van der Waals surface area contributed by atoms with E-state index in [1.807, 2.05) is 12.1 Å². The summed E-state index contributed by atoms with van der Waals surface area (Å²) in [7, 11) is 2.59. The highest BCUT2D eigenvalue weighted by molar-refractivity contribution is 7.98. The van der Waals surface area contributed by atoms with Gasteiger partial charge in [0.05, 0.1) is 19.8 Å². The average Bonchev–Trinajstić information content (AvgIpc) is 2.82.